The Hall–Kier alpha value is -0.260. The second-order valence-electron chi connectivity index (χ2n) is 8.07. The van der Waals surface area contributed by atoms with Crippen molar-refractivity contribution in [1.82, 2.24) is 4.90 Å². The van der Waals surface area contributed by atoms with Crippen molar-refractivity contribution in [2.75, 3.05) is 19.7 Å². The third-order valence-electron chi connectivity index (χ3n) is 5.47. The quantitative estimate of drug-likeness (QED) is 0.167. The van der Waals surface area contributed by atoms with E-state index in [0.29, 0.717) is 6.54 Å². The molecular formula is C23H52F2N2O. The molecule has 0 aliphatic rings. The zero-order chi connectivity index (χ0) is 19.3. The van der Waals surface area contributed by atoms with Crippen LogP contribution < -0.4 is 5.73 Å². The molecule has 0 aliphatic carbocycles. The summed E-state index contributed by atoms with van der Waals surface area (Å²) in [6.07, 6.45) is 23.3. The van der Waals surface area contributed by atoms with Crippen molar-refractivity contribution in [2.24, 2.45) is 5.73 Å². The maximum atomic E-state index is 9.12. The van der Waals surface area contributed by atoms with Gasteiger partial charge in [0.05, 0.1) is 12.8 Å². The first kappa shape index (κ1) is 32.4. The van der Waals surface area contributed by atoms with Gasteiger partial charge in [-0.2, -0.15) is 0 Å². The molecular weight excluding hydrogens is 358 g/mol. The summed E-state index contributed by atoms with van der Waals surface area (Å²) in [5.41, 5.74) is 6.26. The van der Waals surface area contributed by atoms with Crippen LogP contribution in [-0.2, 0) is 0 Å². The Morgan fingerprint density at radius 1 is 0.607 bits per heavy atom. The van der Waals surface area contributed by atoms with Gasteiger partial charge < -0.3 is 10.8 Å². The second kappa shape index (κ2) is 26.7. The minimum Gasteiger partial charge on any atom is -0.395 e. The number of aliphatic hydroxyl groups is 1. The maximum Gasteiger partial charge on any atom is 0.0572 e. The van der Waals surface area contributed by atoms with Crippen LogP contribution in [0.2, 0.25) is 0 Å². The van der Waals surface area contributed by atoms with E-state index in [1.54, 1.807) is 0 Å². The summed E-state index contributed by atoms with van der Waals surface area (Å²) in [7, 11) is 0. The fourth-order valence-corrected chi connectivity index (χ4v) is 3.77. The number of nitrogens with two attached hydrogens (primary N) is 1. The summed E-state index contributed by atoms with van der Waals surface area (Å²) in [5, 5.41) is 9.12. The lowest BCUT2D eigenvalue weighted by atomic mass is 10.0. The minimum absolute atomic E-state index is 0. The van der Waals surface area contributed by atoms with E-state index in [1.165, 1.54) is 96.3 Å². The standard InChI is InChI=1S/C23H50N2O.2FH/c1-3-5-6-7-8-9-10-11-12-13-14-15-16-17-18-19-23(24)25(20-4-2)21-22-26;;/h23,26H,3-22,24H2,1-2H3;2*1H. The van der Waals surface area contributed by atoms with Gasteiger partial charge in [0.25, 0.3) is 0 Å². The molecule has 0 heterocycles. The van der Waals surface area contributed by atoms with Gasteiger partial charge in [0.2, 0.25) is 0 Å². The first-order valence-electron chi connectivity index (χ1n) is 11.9. The predicted octanol–water partition coefficient (Wildman–Crippen LogP) is 6.54. The van der Waals surface area contributed by atoms with Gasteiger partial charge in [0, 0.05) is 6.54 Å². The van der Waals surface area contributed by atoms with Gasteiger partial charge in [-0.25, -0.2) is 0 Å². The van der Waals surface area contributed by atoms with E-state index in [4.69, 9.17) is 10.8 Å². The number of hydrogen-bond acceptors (Lipinski definition) is 3. The average Bonchev–Trinajstić information content (AvgIpc) is 2.64. The Labute approximate surface area is 174 Å². The number of hydrogen-bond donors (Lipinski definition) is 2. The highest BCUT2D eigenvalue weighted by molar-refractivity contribution is 4.65. The molecule has 0 bridgehead atoms. The SMILES string of the molecule is CCCCCCCCCCCCCCCCCC(N)N(CCC)CCO.F.F. The summed E-state index contributed by atoms with van der Waals surface area (Å²) in [5.74, 6) is 0. The minimum atomic E-state index is 0. The maximum absolute atomic E-state index is 9.12. The smallest absolute Gasteiger partial charge is 0.0572 e. The number of nitrogens with zero attached hydrogens (tertiary/aromatic N) is 1. The van der Waals surface area contributed by atoms with Gasteiger partial charge in [-0.3, -0.25) is 14.3 Å². The zero-order valence-corrected chi connectivity index (χ0v) is 19.0. The Morgan fingerprint density at radius 3 is 1.36 bits per heavy atom. The van der Waals surface area contributed by atoms with Gasteiger partial charge in [0.15, 0.2) is 0 Å². The highest BCUT2D eigenvalue weighted by Gasteiger charge is 2.11. The van der Waals surface area contributed by atoms with E-state index in [9.17, 15) is 0 Å². The van der Waals surface area contributed by atoms with Crippen molar-refractivity contribution in [1.29, 1.82) is 0 Å². The Bertz CT molecular complexity index is 265. The molecule has 0 aliphatic heterocycles. The fourth-order valence-electron chi connectivity index (χ4n) is 3.77. The van der Waals surface area contributed by atoms with Crippen molar-refractivity contribution >= 4 is 0 Å². The van der Waals surface area contributed by atoms with Crippen LogP contribution in [0, 0.1) is 0 Å². The zero-order valence-electron chi connectivity index (χ0n) is 19.0. The Kier molecular flexibility index (Phi) is 30.9. The molecule has 5 heteroatoms. The molecule has 1 unspecified atom stereocenters. The summed E-state index contributed by atoms with van der Waals surface area (Å²) >= 11 is 0. The number of rotatable bonds is 21. The number of aliphatic hydroxyl groups excluding tert-OH is 1. The predicted molar refractivity (Wildman–Crippen MR) is 121 cm³/mol. The molecule has 0 aromatic rings. The molecule has 0 amide bonds. The molecule has 0 saturated heterocycles. The van der Waals surface area contributed by atoms with Gasteiger partial charge in [-0.05, 0) is 19.4 Å². The van der Waals surface area contributed by atoms with Crippen molar-refractivity contribution in [2.45, 2.75) is 129 Å². The van der Waals surface area contributed by atoms with E-state index in [1.807, 2.05) is 0 Å². The van der Waals surface area contributed by atoms with Crippen molar-refractivity contribution in [3.8, 4) is 0 Å². The molecule has 0 spiro atoms. The molecule has 174 valence electrons. The van der Waals surface area contributed by atoms with E-state index in [0.717, 1.165) is 19.4 Å². The molecule has 0 rings (SSSR count). The number of halogens is 2. The molecule has 0 fully saturated rings. The molecule has 0 saturated carbocycles. The molecule has 1 atom stereocenters. The molecule has 0 radical (unpaired) electrons. The topological polar surface area (TPSA) is 49.5 Å². The average molecular weight is 411 g/mol. The summed E-state index contributed by atoms with van der Waals surface area (Å²) in [4.78, 5) is 2.23. The number of unbranched alkanes of at least 4 members (excludes halogenated alkanes) is 14. The van der Waals surface area contributed by atoms with Crippen molar-refractivity contribution in [3.63, 3.8) is 0 Å². The summed E-state index contributed by atoms with van der Waals surface area (Å²) < 4.78 is 0. The van der Waals surface area contributed by atoms with Gasteiger partial charge in [0.1, 0.15) is 0 Å². The Balaban J connectivity index is -0.00000312. The summed E-state index contributed by atoms with van der Waals surface area (Å²) in [6, 6.07) is 0. The van der Waals surface area contributed by atoms with Crippen LogP contribution in [-0.4, -0.2) is 35.9 Å². The normalized spacial score (nSPS) is 11.9. The van der Waals surface area contributed by atoms with Crippen LogP contribution in [0.5, 0.6) is 0 Å². The van der Waals surface area contributed by atoms with Crippen LogP contribution in [0.3, 0.4) is 0 Å². The molecule has 3 N–H and O–H groups in total. The van der Waals surface area contributed by atoms with Crippen molar-refractivity contribution < 1.29 is 14.5 Å². The Morgan fingerprint density at radius 2 is 1.00 bits per heavy atom. The fraction of sp³-hybridized carbons (Fsp3) is 1.00. The molecule has 3 nitrogen and oxygen atoms in total. The van der Waals surface area contributed by atoms with Crippen LogP contribution in [0.25, 0.3) is 0 Å². The lowest BCUT2D eigenvalue weighted by Crippen LogP contribution is -2.43. The highest BCUT2D eigenvalue weighted by Crippen LogP contribution is 2.14. The van der Waals surface area contributed by atoms with Gasteiger partial charge in [-0.15, -0.1) is 0 Å². The first-order valence-corrected chi connectivity index (χ1v) is 11.9. The van der Waals surface area contributed by atoms with Crippen molar-refractivity contribution in [3.05, 3.63) is 0 Å². The first-order chi connectivity index (χ1) is 12.8. The lowest BCUT2D eigenvalue weighted by Gasteiger charge is -2.27. The lowest BCUT2D eigenvalue weighted by molar-refractivity contribution is 0.144. The third-order valence-corrected chi connectivity index (χ3v) is 5.47. The summed E-state index contributed by atoms with van der Waals surface area (Å²) in [6.45, 7) is 6.39. The van der Waals surface area contributed by atoms with Crippen LogP contribution in [0.1, 0.15) is 123 Å². The largest absolute Gasteiger partial charge is 0.395 e. The van der Waals surface area contributed by atoms with Crippen LogP contribution >= 0.6 is 0 Å². The molecule has 28 heavy (non-hydrogen) atoms. The monoisotopic (exact) mass is 410 g/mol. The second-order valence-corrected chi connectivity index (χ2v) is 8.07. The highest BCUT2D eigenvalue weighted by atomic mass is 19.0. The van der Waals surface area contributed by atoms with E-state index in [-0.39, 0.29) is 22.2 Å². The van der Waals surface area contributed by atoms with Gasteiger partial charge >= 0.3 is 0 Å². The van der Waals surface area contributed by atoms with E-state index >= 15 is 0 Å². The van der Waals surface area contributed by atoms with E-state index in [2.05, 4.69) is 18.7 Å². The van der Waals surface area contributed by atoms with Crippen LogP contribution in [0.4, 0.5) is 9.41 Å². The van der Waals surface area contributed by atoms with Crippen LogP contribution in [0.15, 0.2) is 0 Å². The van der Waals surface area contributed by atoms with E-state index < -0.39 is 0 Å². The molecule has 0 aromatic heterocycles. The third kappa shape index (κ3) is 22.0. The molecule has 0 aromatic carbocycles. The van der Waals surface area contributed by atoms with Gasteiger partial charge in [-0.1, -0.05) is 110 Å².